The van der Waals surface area contributed by atoms with Gasteiger partial charge in [-0.05, 0) is 107 Å². The molecule has 1 aliphatic heterocycles. The van der Waals surface area contributed by atoms with Gasteiger partial charge in [0, 0.05) is 30.6 Å². The number of rotatable bonds is 11. The van der Waals surface area contributed by atoms with Crippen LogP contribution >= 0.6 is 0 Å². The average Bonchev–Trinajstić information content (AvgIpc) is 2.94. The van der Waals surface area contributed by atoms with E-state index >= 15 is 0 Å². The molecule has 2 aliphatic rings. The van der Waals surface area contributed by atoms with Crippen molar-refractivity contribution in [2.75, 3.05) is 7.05 Å². The third-order valence-electron chi connectivity index (χ3n) is 8.95. The Hall–Kier alpha value is -1.81. The molecule has 0 bridgehead atoms. The van der Waals surface area contributed by atoms with Gasteiger partial charge in [0.15, 0.2) is 0 Å². The molecule has 0 aromatic carbocycles. The molecule has 230 valence electrons. The zero-order chi connectivity index (χ0) is 30.9. The third kappa shape index (κ3) is 7.52. The van der Waals surface area contributed by atoms with Gasteiger partial charge in [-0.15, -0.1) is 0 Å². The first-order chi connectivity index (χ1) is 18.1. The standard InChI is InChI=1S/C30H56BN3O6/c1-13-16-23(35)33(12)30(24(36)32-26(2,3)4,21-19-22(20-21)34(25(37)38)27(5,6)7)17-14-15-18-31-39-28(8,9)29(10,11)40-31/h21-22H,13-20H2,1-12H3,(H,32,36)(H,37,38)/t21-,22-,30-/m0/s1. The van der Waals surface area contributed by atoms with Crippen LogP contribution in [0.3, 0.4) is 0 Å². The number of carbonyl (C=O) groups is 3. The van der Waals surface area contributed by atoms with Crippen LogP contribution < -0.4 is 5.32 Å². The second-order valence-electron chi connectivity index (χ2n) is 14.9. The van der Waals surface area contributed by atoms with Crippen molar-refractivity contribution in [1.82, 2.24) is 15.1 Å². The number of unbranched alkanes of at least 4 members (excludes halogenated alkanes) is 1. The molecular weight excluding hydrogens is 509 g/mol. The van der Waals surface area contributed by atoms with E-state index in [0.717, 1.165) is 6.42 Å². The quantitative estimate of drug-likeness (QED) is 0.245. The lowest BCUT2D eigenvalue weighted by molar-refractivity contribution is -0.157. The van der Waals surface area contributed by atoms with Gasteiger partial charge in [0.05, 0.1) is 11.2 Å². The van der Waals surface area contributed by atoms with Crippen molar-refractivity contribution in [3.63, 3.8) is 0 Å². The molecule has 2 rings (SSSR count). The highest BCUT2D eigenvalue weighted by Gasteiger charge is 2.57. The molecule has 2 fully saturated rings. The van der Waals surface area contributed by atoms with Gasteiger partial charge < -0.3 is 29.5 Å². The Balaban J connectivity index is 2.34. The van der Waals surface area contributed by atoms with Crippen LogP contribution in [0.5, 0.6) is 0 Å². The molecule has 1 saturated heterocycles. The fraction of sp³-hybridized carbons (Fsp3) is 0.900. The average molecular weight is 566 g/mol. The molecule has 1 atom stereocenters. The van der Waals surface area contributed by atoms with Gasteiger partial charge in [0.1, 0.15) is 5.54 Å². The number of hydrogen-bond donors (Lipinski definition) is 2. The van der Waals surface area contributed by atoms with Gasteiger partial charge in [0.25, 0.3) is 0 Å². The molecule has 0 aromatic rings. The summed E-state index contributed by atoms with van der Waals surface area (Å²) in [7, 11) is 1.44. The summed E-state index contributed by atoms with van der Waals surface area (Å²) in [5.74, 6) is -0.387. The second kappa shape index (κ2) is 12.2. The molecule has 0 spiro atoms. The summed E-state index contributed by atoms with van der Waals surface area (Å²) in [5, 5.41) is 13.1. The molecule has 2 N–H and O–H groups in total. The van der Waals surface area contributed by atoms with E-state index in [-0.39, 0.29) is 30.9 Å². The highest BCUT2D eigenvalue weighted by Crippen LogP contribution is 2.47. The fourth-order valence-electron chi connectivity index (χ4n) is 6.12. The fourth-order valence-corrected chi connectivity index (χ4v) is 6.12. The SMILES string of the molecule is CCCC(=O)N(C)[C@](CCCCB1OC(C)(C)C(C)(C)O1)(C(=O)NC(C)(C)C)[C@H]1C[C@H](N(C(=O)O)C(C)(C)C)C1. The zero-order valence-corrected chi connectivity index (χ0v) is 27.3. The van der Waals surface area contributed by atoms with Gasteiger partial charge in [-0.25, -0.2) is 4.79 Å². The van der Waals surface area contributed by atoms with Crippen LogP contribution in [0.25, 0.3) is 0 Å². The summed E-state index contributed by atoms with van der Waals surface area (Å²) in [6, 6.07) is -0.205. The summed E-state index contributed by atoms with van der Waals surface area (Å²) in [6.45, 7) is 21.6. The Labute approximate surface area is 243 Å². The number of likely N-dealkylation sites (N-methyl/N-ethyl adjacent to an activating group) is 1. The highest BCUT2D eigenvalue weighted by molar-refractivity contribution is 6.45. The summed E-state index contributed by atoms with van der Waals surface area (Å²) >= 11 is 0. The number of carboxylic acid groups (broad SMARTS) is 1. The van der Waals surface area contributed by atoms with Crippen LogP contribution in [-0.4, -0.2) is 80.8 Å². The van der Waals surface area contributed by atoms with Gasteiger partial charge in [-0.3, -0.25) is 9.59 Å². The molecule has 1 saturated carbocycles. The Bertz CT molecular complexity index is 903. The predicted molar refractivity (Wildman–Crippen MR) is 159 cm³/mol. The molecule has 3 amide bonds. The first-order valence-corrected chi connectivity index (χ1v) is 15.1. The number of nitrogens with one attached hydrogen (secondary N) is 1. The minimum atomic E-state index is -1.08. The van der Waals surface area contributed by atoms with Crippen molar-refractivity contribution in [1.29, 1.82) is 0 Å². The van der Waals surface area contributed by atoms with Crippen molar-refractivity contribution in [2.45, 2.75) is 161 Å². The molecule has 1 aliphatic carbocycles. The number of nitrogens with zero attached hydrogens (tertiary/aromatic N) is 2. The molecule has 10 heteroatoms. The monoisotopic (exact) mass is 565 g/mol. The van der Waals surface area contributed by atoms with Gasteiger partial charge in [-0.1, -0.05) is 19.8 Å². The summed E-state index contributed by atoms with van der Waals surface area (Å²) in [6.07, 6.45) is 3.80. The Morgan fingerprint density at radius 3 is 1.93 bits per heavy atom. The second-order valence-corrected chi connectivity index (χ2v) is 14.9. The van der Waals surface area contributed by atoms with Crippen LogP contribution in [0.15, 0.2) is 0 Å². The number of hydrogen-bond acceptors (Lipinski definition) is 5. The molecule has 40 heavy (non-hydrogen) atoms. The van der Waals surface area contributed by atoms with E-state index in [0.29, 0.717) is 44.8 Å². The third-order valence-corrected chi connectivity index (χ3v) is 8.95. The van der Waals surface area contributed by atoms with Crippen molar-refractivity contribution in [3.05, 3.63) is 0 Å². The number of amides is 3. The molecule has 0 radical (unpaired) electrons. The van der Waals surface area contributed by atoms with E-state index in [1.54, 1.807) is 11.9 Å². The van der Waals surface area contributed by atoms with Crippen molar-refractivity contribution < 1.29 is 28.8 Å². The molecule has 0 aromatic heterocycles. The Kier molecular flexibility index (Phi) is 10.5. The van der Waals surface area contributed by atoms with Crippen LogP contribution in [0.1, 0.15) is 121 Å². The van der Waals surface area contributed by atoms with Crippen molar-refractivity contribution >= 4 is 25.0 Å². The van der Waals surface area contributed by atoms with Crippen LogP contribution in [0.2, 0.25) is 6.32 Å². The Morgan fingerprint density at radius 1 is 0.975 bits per heavy atom. The molecule has 0 unspecified atom stereocenters. The van der Waals surface area contributed by atoms with E-state index in [1.165, 1.54) is 4.90 Å². The van der Waals surface area contributed by atoms with E-state index in [4.69, 9.17) is 9.31 Å². The smallest absolute Gasteiger partial charge is 0.457 e. The normalized spacial score (nSPS) is 23.6. The van der Waals surface area contributed by atoms with Crippen LogP contribution in [0, 0.1) is 5.92 Å². The maximum Gasteiger partial charge on any atom is 0.457 e. The van der Waals surface area contributed by atoms with E-state index in [2.05, 4.69) is 5.32 Å². The summed E-state index contributed by atoms with van der Waals surface area (Å²) in [5.41, 5.74) is -2.92. The minimum absolute atomic E-state index is 0.0631. The lowest BCUT2D eigenvalue weighted by Gasteiger charge is -2.56. The predicted octanol–water partition coefficient (Wildman–Crippen LogP) is 5.72. The maximum absolute atomic E-state index is 14.2. The largest absolute Gasteiger partial charge is 0.465 e. The van der Waals surface area contributed by atoms with E-state index < -0.39 is 33.9 Å². The van der Waals surface area contributed by atoms with Gasteiger partial charge >= 0.3 is 13.2 Å². The van der Waals surface area contributed by atoms with Gasteiger partial charge in [0.2, 0.25) is 11.8 Å². The van der Waals surface area contributed by atoms with Crippen LogP contribution in [0.4, 0.5) is 4.79 Å². The van der Waals surface area contributed by atoms with E-state index in [9.17, 15) is 19.5 Å². The zero-order valence-electron chi connectivity index (χ0n) is 27.3. The highest BCUT2D eigenvalue weighted by atomic mass is 16.7. The van der Waals surface area contributed by atoms with Crippen LogP contribution in [-0.2, 0) is 18.9 Å². The van der Waals surface area contributed by atoms with Crippen molar-refractivity contribution in [3.8, 4) is 0 Å². The lowest BCUT2D eigenvalue weighted by Crippen LogP contribution is -2.70. The minimum Gasteiger partial charge on any atom is -0.465 e. The Morgan fingerprint density at radius 2 is 1.50 bits per heavy atom. The topological polar surface area (TPSA) is 108 Å². The molecular formula is C30H56BN3O6. The number of carbonyl (C=O) groups excluding carboxylic acids is 2. The maximum atomic E-state index is 14.2. The van der Waals surface area contributed by atoms with Crippen molar-refractivity contribution in [2.24, 2.45) is 5.92 Å². The first kappa shape index (κ1) is 34.4. The first-order valence-electron chi connectivity index (χ1n) is 15.1. The van der Waals surface area contributed by atoms with E-state index in [1.807, 2.05) is 76.2 Å². The van der Waals surface area contributed by atoms with Gasteiger partial charge in [-0.2, -0.15) is 0 Å². The molecule has 9 nitrogen and oxygen atoms in total. The molecule has 1 heterocycles. The summed E-state index contributed by atoms with van der Waals surface area (Å²) in [4.78, 5) is 42.9. The summed E-state index contributed by atoms with van der Waals surface area (Å²) < 4.78 is 12.3. The lowest BCUT2D eigenvalue weighted by atomic mass is 9.63.